The Bertz CT molecular complexity index is 2060. The van der Waals surface area contributed by atoms with Crippen molar-refractivity contribution >= 4 is 79.4 Å². The van der Waals surface area contributed by atoms with Crippen molar-refractivity contribution in [1.82, 2.24) is 17.3 Å². The Morgan fingerprint density at radius 2 is 0.750 bits per heavy atom. The van der Waals surface area contributed by atoms with E-state index in [1.54, 1.807) is 6.33 Å². The average molecular weight is 1030 g/mol. The van der Waals surface area contributed by atoms with Gasteiger partial charge < -0.3 is 0 Å². The fourth-order valence-electron chi connectivity index (χ4n) is 6.93. The van der Waals surface area contributed by atoms with E-state index in [2.05, 4.69) is 191 Å². The molecular weight excluding hydrogens is 995 g/mol. The maximum absolute atomic E-state index is 5.23. The first kappa shape index (κ1) is 31.3. The van der Waals surface area contributed by atoms with Crippen LogP contribution in [-0.2, 0) is 0 Å². The third-order valence-electron chi connectivity index (χ3n) is 9.03. The molecule has 0 radical (unpaired) electrons. The van der Waals surface area contributed by atoms with Gasteiger partial charge in [-0.15, -0.1) is 0 Å². The third-order valence-corrected chi connectivity index (χ3v) is 52.9. The van der Waals surface area contributed by atoms with Gasteiger partial charge in [0.15, 0.2) is 0 Å². The number of rotatable bonds is 9. The van der Waals surface area contributed by atoms with E-state index in [-0.39, 0.29) is 0 Å². The number of fused-ring (bicyclic) bond motifs is 1. The molecule has 0 saturated carbocycles. The molecule has 0 aliphatic rings. The first-order chi connectivity index (χ1) is 23.8. The van der Waals surface area contributed by atoms with E-state index >= 15 is 0 Å². The number of benzene rings is 6. The van der Waals surface area contributed by atoms with Gasteiger partial charge in [-0.25, -0.2) is 0 Å². The zero-order valence-corrected chi connectivity index (χ0v) is 34.8. The van der Waals surface area contributed by atoms with E-state index in [1.807, 2.05) is 8.31 Å². The Morgan fingerprint density at radius 1 is 0.396 bits per heavy atom. The summed E-state index contributed by atoms with van der Waals surface area (Å²) < 4.78 is 10.7. The van der Waals surface area contributed by atoms with Crippen molar-refractivity contribution < 1.29 is 0 Å². The molecule has 0 amide bonds. The van der Waals surface area contributed by atoms with Gasteiger partial charge >= 0.3 is 296 Å². The van der Waals surface area contributed by atoms with Crippen molar-refractivity contribution in [3.05, 3.63) is 195 Å². The number of nitrogens with zero attached hydrogens (tertiary/aromatic N) is 4. The molecule has 6 aromatic carbocycles. The van der Waals surface area contributed by atoms with Crippen LogP contribution in [0.4, 0.5) is 0 Å². The molecule has 0 saturated heterocycles. The van der Waals surface area contributed by atoms with Crippen LogP contribution in [0.15, 0.2) is 200 Å². The monoisotopic (exact) mass is 1030 g/mol. The maximum atomic E-state index is 5.23. The van der Waals surface area contributed by atoms with Crippen molar-refractivity contribution in [1.29, 1.82) is 0 Å². The first-order valence-electron chi connectivity index (χ1n) is 16.0. The Kier molecular flexibility index (Phi) is 9.07. The second-order valence-corrected chi connectivity index (χ2v) is 46.2. The fourth-order valence-corrected chi connectivity index (χ4v) is 50.1. The summed E-state index contributed by atoms with van der Waals surface area (Å²) in [6.07, 6.45) is 3.81. The molecule has 0 aliphatic carbocycles. The molecule has 0 fully saturated rings. The molecule has 8 aromatic rings. The topological polar surface area (TPSA) is 43.6 Å². The molecule has 7 heteroatoms. The predicted molar refractivity (Wildman–Crippen MR) is 205 cm³/mol. The van der Waals surface area contributed by atoms with Crippen molar-refractivity contribution in [2.75, 3.05) is 0 Å². The molecule has 0 N–H and O–H groups in total. The van der Waals surface area contributed by atoms with Crippen molar-refractivity contribution in [3.63, 3.8) is 0 Å². The molecule has 230 valence electrons. The SMILES string of the molecule is c1cc[c]([Pb]([S]c2ncnc3c2nc[n]3[Pb]([c]2ccccc2)([c]2ccccc2)[c]2ccccc2)([c]2ccccc2)[c]2ccccc2)cc1. The van der Waals surface area contributed by atoms with Crippen LogP contribution in [0.3, 0.4) is 0 Å². The van der Waals surface area contributed by atoms with Gasteiger partial charge in [-0.05, 0) is 0 Å². The molecular formula is C41H32N4Pb2S. The van der Waals surface area contributed by atoms with Gasteiger partial charge in [-0.1, -0.05) is 0 Å². The van der Waals surface area contributed by atoms with Crippen LogP contribution >= 0.6 is 8.31 Å². The number of hydrogen-bond donors (Lipinski definition) is 0. The van der Waals surface area contributed by atoms with Crippen LogP contribution in [0, 0.1) is 0 Å². The standard InChI is InChI=1S/6C6H5.C5H3N4S.2Pb/c6*1-2-4-6-5-3-1;10-5-3-4(7-1-6-3)8-2-9-5;;/h6*1-5H;1-2H,(H-,6,7,8,9,10);;/q;;;;;;-1;2*+1/p-1. The third kappa shape index (κ3) is 5.45. The van der Waals surface area contributed by atoms with Gasteiger partial charge in [0.1, 0.15) is 0 Å². The second-order valence-electron chi connectivity index (χ2n) is 11.7. The minimum atomic E-state index is -4.22. The van der Waals surface area contributed by atoms with Gasteiger partial charge in [0, 0.05) is 0 Å². The average Bonchev–Trinajstić information content (AvgIpc) is 3.62. The summed E-state index contributed by atoms with van der Waals surface area (Å²) in [5.41, 5.74) is 1.75. The molecule has 8 rings (SSSR count). The second kappa shape index (κ2) is 13.9. The number of aromatic nitrogens is 4. The Hall–Kier alpha value is -3.94. The zero-order chi connectivity index (χ0) is 32.2. The van der Waals surface area contributed by atoms with Gasteiger partial charge in [0.25, 0.3) is 0 Å². The predicted octanol–water partition coefficient (Wildman–Crippen LogP) is 5.10. The summed E-state index contributed by atoms with van der Waals surface area (Å²) in [6, 6.07) is 66.3. The number of imidazole rings is 1. The molecule has 0 aliphatic heterocycles. The van der Waals surface area contributed by atoms with Crippen LogP contribution < -0.4 is 18.7 Å². The van der Waals surface area contributed by atoms with Crippen molar-refractivity contribution in [2.45, 2.75) is 5.03 Å². The van der Waals surface area contributed by atoms with Crippen molar-refractivity contribution in [2.24, 2.45) is 0 Å². The fraction of sp³-hybridized carbons (Fsp3) is 0. The molecule has 48 heavy (non-hydrogen) atoms. The van der Waals surface area contributed by atoms with E-state index in [4.69, 9.17) is 15.0 Å². The molecule has 2 aromatic heterocycles. The van der Waals surface area contributed by atoms with Gasteiger partial charge in [-0.3, -0.25) is 0 Å². The Labute approximate surface area is 293 Å². The molecule has 2 heterocycles. The Balaban J connectivity index is 1.41. The number of hydrogen-bond acceptors (Lipinski definition) is 4. The summed E-state index contributed by atoms with van der Waals surface area (Å²) >= 11 is -8.21. The van der Waals surface area contributed by atoms with Crippen LogP contribution in [0.25, 0.3) is 11.2 Å². The minimum absolute atomic E-state index is 0.863. The molecule has 0 bridgehead atoms. The summed E-state index contributed by atoms with van der Waals surface area (Å²) in [7, 11) is 1.96. The van der Waals surface area contributed by atoms with Crippen LogP contribution in [-0.4, -0.2) is 58.5 Å². The van der Waals surface area contributed by atoms with E-state index in [9.17, 15) is 0 Å². The van der Waals surface area contributed by atoms with Crippen LogP contribution in [0.5, 0.6) is 0 Å². The van der Waals surface area contributed by atoms with Gasteiger partial charge in [-0.2, -0.15) is 0 Å². The summed E-state index contributed by atoms with van der Waals surface area (Å²) in [6.45, 7) is 0. The quantitative estimate of drug-likeness (QED) is 0.149. The van der Waals surface area contributed by atoms with Crippen LogP contribution in [0.2, 0.25) is 0 Å². The molecule has 0 atom stereocenters. The van der Waals surface area contributed by atoms with E-state index in [0.29, 0.717) is 0 Å². The molecule has 0 unspecified atom stereocenters. The summed E-state index contributed by atoms with van der Waals surface area (Å²) in [5, 5.41) is 0.938. The van der Waals surface area contributed by atoms with E-state index < -0.39 is 41.1 Å². The van der Waals surface area contributed by atoms with E-state index in [0.717, 1.165) is 16.2 Å². The van der Waals surface area contributed by atoms with E-state index in [1.165, 1.54) is 18.7 Å². The molecule has 4 nitrogen and oxygen atoms in total. The first-order valence-corrected chi connectivity index (χ1v) is 35.0. The normalized spacial score (nSPS) is 11.8. The summed E-state index contributed by atoms with van der Waals surface area (Å²) in [4.78, 5) is 15.3. The summed E-state index contributed by atoms with van der Waals surface area (Å²) in [5.74, 6) is 0. The molecule has 0 spiro atoms. The van der Waals surface area contributed by atoms with Crippen LogP contribution in [0.1, 0.15) is 0 Å². The van der Waals surface area contributed by atoms with Gasteiger partial charge in [0.05, 0.1) is 0 Å². The Morgan fingerprint density at radius 3 is 1.12 bits per heavy atom. The van der Waals surface area contributed by atoms with Crippen molar-refractivity contribution in [3.8, 4) is 0 Å². The van der Waals surface area contributed by atoms with Gasteiger partial charge in [0.2, 0.25) is 0 Å². The zero-order valence-electron chi connectivity index (χ0n) is 26.2.